The molecule has 4 heterocycles. The van der Waals surface area contributed by atoms with Gasteiger partial charge < -0.3 is 9.40 Å². The van der Waals surface area contributed by atoms with Crippen LogP contribution in [0.4, 0.5) is 0 Å². The van der Waals surface area contributed by atoms with Gasteiger partial charge >= 0.3 is 0 Å². The number of nitrogens with zero attached hydrogens (tertiary/aromatic N) is 2. The van der Waals surface area contributed by atoms with Gasteiger partial charge in [0.1, 0.15) is 17.2 Å². The van der Waals surface area contributed by atoms with Crippen LogP contribution < -0.4 is 0 Å². The highest BCUT2D eigenvalue weighted by atomic mass is 35.5. The van der Waals surface area contributed by atoms with Crippen LogP contribution in [-0.2, 0) is 6.54 Å². The molecule has 140 valence electrons. The Balaban J connectivity index is 1.28. The van der Waals surface area contributed by atoms with Crippen molar-refractivity contribution in [1.82, 2.24) is 14.9 Å². The fourth-order valence-electron chi connectivity index (χ4n) is 3.77. The summed E-state index contributed by atoms with van der Waals surface area (Å²) in [6, 6.07) is 15.9. The molecule has 4 nitrogen and oxygen atoms in total. The van der Waals surface area contributed by atoms with Crippen molar-refractivity contribution in [3.8, 4) is 11.3 Å². The van der Waals surface area contributed by atoms with Crippen LogP contribution in [0.3, 0.4) is 0 Å². The molecule has 0 spiro atoms. The van der Waals surface area contributed by atoms with Gasteiger partial charge in [-0.15, -0.1) is 0 Å². The van der Waals surface area contributed by atoms with E-state index >= 15 is 0 Å². The van der Waals surface area contributed by atoms with Crippen molar-refractivity contribution < 1.29 is 4.42 Å². The first kappa shape index (κ1) is 17.3. The molecule has 5 heteroatoms. The van der Waals surface area contributed by atoms with E-state index in [1.54, 1.807) is 0 Å². The molecule has 0 amide bonds. The van der Waals surface area contributed by atoms with Crippen LogP contribution in [0.1, 0.15) is 17.7 Å². The molecular formula is C23H20ClN3O. The number of nitrogens with one attached hydrogen (secondary N) is 1. The molecule has 0 aliphatic carbocycles. The number of halogens is 1. The smallest absolute Gasteiger partial charge is 0.137 e. The van der Waals surface area contributed by atoms with E-state index in [-0.39, 0.29) is 0 Å². The van der Waals surface area contributed by atoms with Crippen LogP contribution >= 0.6 is 11.6 Å². The van der Waals surface area contributed by atoms with Crippen LogP contribution in [-0.4, -0.2) is 28.0 Å². The summed E-state index contributed by atoms with van der Waals surface area (Å²) in [7, 11) is 0. The Kier molecular flexibility index (Phi) is 4.51. The Morgan fingerprint density at radius 1 is 1.11 bits per heavy atom. The summed E-state index contributed by atoms with van der Waals surface area (Å²) in [5, 5.41) is 1.93. The lowest BCUT2D eigenvalue weighted by atomic mass is 9.99. The van der Waals surface area contributed by atoms with E-state index < -0.39 is 0 Å². The largest absolute Gasteiger partial charge is 0.460 e. The molecule has 1 aromatic carbocycles. The molecule has 0 saturated carbocycles. The monoisotopic (exact) mass is 389 g/mol. The van der Waals surface area contributed by atoms with E-state index in [4.69, 9.17) is 16.0 Å². The minimum Gasteiger partial charge on any atom is -0.460 e. The molecule has 3 aromatic heterocycles. The lowest BCUT2D eigenvalue weighted by molar-refractivity contribution is 0.269. The topological polar surface area (TPSA) is 45.1 Å². The number of furan rings is 1. The molecule has 4 aromatic rings. The minimum absolute atomic E-state index is 0.734. The van der Waals surface area contributed by atoms with Gasteiger partial charge in [-0.2, -0.15) is 0 Å². The molecule has 1 N–H and O–H groups in total. The van der Waals surface area contributed by atoms with Gasteiger partial charge in [0.25, 0.3) is 0 Å². The number of hydrogen-bond acceptors (Lipinski definition) is 3. The number of aromatic nitrogens is 2. The third-order valence-corrected chi connectivity index (χ3v) is 5.51. The maximum Gasteiger partial charge on any atom is 0.137 e. The minimum atomic E-state index is 0.734. The molecule has 0 saturated heterocycles. The molecule has 5 rings (SSSR count). The summed E-state index contributed by atoms with van der Waals surface area (Å²) in [6.07, 6.45) is 7.24. The molecule has 0 fully saturated rings. The normalized spacial score (nSPS) is 15.1. The van der Waals surface area contributed by atoms with Gasteiger partial charge in [-0.3, -0.25) is 4.90 Å². The third-order valence-electron chi connectivity index (χ3n) is 5.26. The van der Waals surface area contributed by atoms with Crippen molar-refractivity contribution in [3.63, 3.8) is 0 Å². The molecule has 0 atom stereocenters. The van der Waals surface area contributed by atoms with E-state index in [1.165, 1.54) is 16.5 Å². The van der Waals surface area contributed by atoms with E-state index in [2.05, 4.69) is 39.3 Å². The fourth-order valence-corrected chi connectivity index (χ4v) is 3.90. The number of aromatic amines is 1. The lowest BCUT2D eigenvalue weighted by Gasteiger charge is -2.25. The van der Waals surface area contributed by atoms with Gasteiger partial charge in [-0.25, -0.2) is 4.98 Å². The van der Waals surface area contributed by atoms with Crippen LogP contribution in [0.15, 0.2) is 71.4 Å². The summed E-state index contributed by atoms with van der Waals surface area (Å²) in [4.78, 5) is 10.1. The maximum absolute atomic E-state index is 6.05. The Morgan fingerprint density at radius 2 is 2.00 bits per heavy atom. The van der Waals surface area contributed by atoms with Crippen molar-refractivity contribution >= 4 is 28.2 Å². The summed E-state index contributed by atoms with van der Waals surface area (Å²) in [5.41, 5.74) is 4.65. The molecule has 0 radical (unpaired) electrons. The van der Waals surface area contributed by atoms with Crippen molar-refractivity contribution in [2.24, 2.45) is 0 Å². The molecule has 1 aliphatic rings. The lowest BCUT2D eigenvalue weighted by Crippen LogP contribution is -2.27. The Hall–Kier alpha value is -2.82. The van der Waals surface area contributed by atoms with Crippen molar-refractivity contribution in [2.75, 3.05) is 13.1 Å². The first-order valence-corrected chi connectivity index (χ1v) is 9.82. The van der Waals surface area contributed by atoms with Crippen LogP contribution in [0.5, 0.6) is 0 Å². The van der Waals surface area contributed by atoms with Gasteiger partial charge in [0.05, 0.1) is 6.54 Å². The fraction of sp³-hybridized carbons (Fsp3) is 0.174. The number of fused-ring (bicyclic) bond motifs is 1. The Labute approximate surface area is 168 Å². The van der Waals surface area contributed by atoms with E-state index in [9.17, 15) is 0 Å². The summed E-state index contributed by atoms with van der Waals surface area (Å²) in [5.74, 6) is 1.87. The van der Waals surface area contributed by atoms with E-state index in [0.29, 0.717) is 0 Å². The molecule has 28 heavy (non-hydrogen) atoms. The number of benzene rings is 1. The number of H-pyrrole nitrogens is 1. The predicted octanol–water partition coefficient (Wildman–Crippen LogP) is 5.77. The van der Waals surface area contributed by atoms with Crippen molar-refractivity contribution in [1.29, 1.82) is 0 Å². The van der Waals surface area contributed by atoms with Crippen molar-refractivity contribution in [2.45, 2.75) is 13.0 Å². The average molecular weight is 390 g/mol. The highest BCUT2D eigenvalue weighted by Crippen LogP contribution is 2.29. The van der Waals surface area contributed by atoms with Crippen molar-refractivity contribution in [3.05, 3.63) is 83.3 Å². The summed E-state index contributed by atoms with van der Waals surface area (Å²) in [6.45, 7) is 2.74. The highest BCUT2D eigenvalue weighted by molar-refractivity contribution is 6.30. The third kappa shape index (κ3) is 3.37. The summed E-state index contributed by atoms with van der Waals surface area (Å²) >= 11 is 5.97. The van der Waals surface area contributed by atoms with Crippen LogP contribution in [0.25, 0.3) is 27.9 Å². The highest BCUT2D eigenvalue weighted by Gasteiger charge is 2.17. The van der Waals surface area contributed by atoms with Gasteiger partial charge in [-0.1, -0.05) is 17.7 Å². The van der Waals surface area contributed by atoms with Crippen LogP contribution in [0.2, 0.25) is 5.02 Å². The standard InChI is InChI=1S/C23H20ClN3O/c24-18-5-3-17(4-6-18)22-8-7-19(28-22)15-27-12-9-16(10-13-27)21-14-26-23-20(21)2-1-11-25-23/h1-9,11,14H,10,12-13,15H2,(H,25,26). The van der Waals surface area contributed by atoms with Gasteiger partial charge in [0.2, 0.25) is 0 Å². The quantitative estimate of drug-likeness (QED) is 0.482. The second-order valence-corrected chi connectivity index (χ2v) is 7.53. The molecule has 0 unspecified atom stereocenters. The molecular weight excluding hydrogens is 370 g/mol. The SMILES string of the molecule is Clc1ccc(-c2ccc(CN3CC=C(c4c[nH]c5ncccc45)CC3)o2)cc1. The van der Waals surface area contributed by atoms with Gasteiger partial charge in [0.15, 0.2) is 0 Å². The van der Waals surface area contributed by atoms with Gasteiger partial charge in [-0.05, 0) is 60.5 Å². The first-order chi connectivity index (χ1) is 13.8. The zero-order chi connectivity index (χ0) is 18.9. The second-order valence-electron chi connectivity index (χ2n) is 7.09. The predicted molar refractivity (Wildman–Crippen MR) is 113 cm³/mol. The zero-order valence-corrected chi connectivity index (χ0v) is 16.1. The maximum atomic E-state index is 6.05. The Morgan fingerprint density at radius 3 is 2.82 bits per heavy atom. The molecule has 1 aliphatic heterocycles. The average Bonchev–Trinajstić information content (AvgIpc) is 3.36. The number of pyridine rings is 1. The summed E-state index contributed by atoms with van der Waals surface area (Å²) < 4.78 is 6.05. The Bertz CT molecular complexity index is 1140. The number of hydrogen-bond donors (Lipinski definition) is 1. The van der Waals surface area contributed by atoms with E-state index in [1.807, 2.05) is 42.6 Å². The van der Waals surface area contributed by atoms with Crippen LogP contribution in [0, 0.1) is 0 Å². The molecule has 0 bridgehead atoms. The second kappa shape index (κ2) is 7.30. The zero-order valence-electron chi connectivity index (χ0n) is 15.4. The van der Waals surface area contributed by atoms with E-state index in [0.717, 1.165) is 53.8 Å². The number of rotatable bonds is 4. The van der Waals surface area contributed by atoms with Gasteiger partial charge in [0, 0.05) is 47.0 Å². The first-order valence-electron chi connectivity index (χ1n) is 9.45.